The summed E-state index contributed by atoms with van der Waals surface area (Å²) in [6.07, 6.45) is 11.1. The van der Waals surface area contributed by atoms with Crippen LogP contribution in [0.15, 0.2) is 60.9 Å². The quantitative estimate of drug-likeness (QED) is 0.213. The third kappa shape index (κ3) is 8.44. The van der Waals surface area contributed by atoms with Crippen molar-refractivity contribution >= 4 is 0 Å². The van der Waals surface area contributed by atoms with E-state index >= 15 is 0 Å². The first-order valence-corrected chi connectivity index (χ1v) is 12.6. The molecule has 1 unspecified atom stereocenters. The van der Waals surface area contributed by atoms with Gasteiger partial charge in [-0.05, 0) is 54.8 Å². The summed E-state index contributed by atoms with van der Waals surface area (Å²) in [7, 11) is 0. The van der Waals surface area contributed by atoms with Gasteiger partial charge < -0.3 is 9.47 Å². The van der Waals surface area contributed by atoms with E-state index in [0.29, 0.717) is 18.0 Å². The van der Waals surface area contributed by atoms with Crippen LogP contribution in [0.4, 0.5) is 4.39 Å². The zero-order valence-corrected chi connectivity index (χ0v) is 20.5. The number of hydrogen-bond acceptors (Lipinski definition) is 4. The van der Waals surface area contributed by atoms with Crippen molar-refractivity contribution in [2.45, 2.75) is 71.4 Å². The van der Waals surface area contributed by atoms with E-state index in [2.05, 4.69) is 23.8 Å². The molecule has 0 N–H and O–H groups in total. The highest BCUT2D eigenvalue weighted by atomic mass is 19.1. The maximum absolute atomic E-state index is 14.0. The van der Waals surface area contributed by atoms with Crippen molar-refractivity contribution in [1.82, 2.24) is 9.97 Å². The molecule has 0 amide bonds. The van der Waals surface area contributed by atoms with Gasteiger partial charge in [0.2, 0.25) is 0 Å². The van der Waals surface area contributed by atoms with Gasteiger partial charge in [0.1, 0.15) is 24.3 Å². The molecule has 0 aliphatic rings. The average Bonchev–Trinajstić information content (AvgIpc) is 2.89. The smallest absolute Gasteiger partial charge is 0.159 e. The van der Waals surface area contributed by atoms with E-state index in [1.165, 1.54) is 19.3 Å². The summed E-state index contributed by atoms with van der Waals surface area (Å²) >= 11 is 0. The first-order chi connectivity index (χ1) is 16.7. The van der Waals surface area contributed by atoms with Crippen molar-refractivity contribution in [3.63, 3.8) is 0 Å². The van der Waals surface area contributed by atoms with Crippen LogP contribution in [0.5, 0.6) is 11.5 Å². The Balaban J connectivity index is 1.49. The lowest BCUT2D eigenvalue weighted by Crippen LogP contribution is -2.12. The van der Waals surface area contributed by atoms with Crippen LogP contribution >= 0.6 is 0 Å². The number of unbranched alkanes of at least 4 members (excludes halogenated alkanes) is 5. The number of nitrogens with zero attached hydrogens (tertiary/aromatic N) is 2. The molecule has 0 radical (unpaired) electrons. The molecule has 0 aliphatic heterocycles. The summed E-state index contributed by atoms with van der Waals surface area (Å²) in [6, 6.07) is 15.5. The van der Waals surface area contributed by atoms with Gasteiger partial charge >= 0.3 is 0 Å². The Morgan fingerprint density at radius 1 is 0.676 bits per heavy atom. The van der Waals surface area contributed by atoms with Gasteiger partial charge in [-0.25, -0.2) is 14.4 Å². The fourth-order valence-corrected chi connectivity index (χ4v) is 3.67. The Labute approximate surface area is 203 Å². The van der Waals surface area contributed by atoms with E-state index in [4.69, 9.17) is 9.47 Å². The predicted molar refractivity (Wildman–Crippen MR) is 137 cm³/mol. The molecule has 2 aromatic carbocycles. The normalized spacial score (nSPS) is 11.9. The van der Waals surface area contributed by atoms with Crippen molar-refractivity contribution < 1.29 is 13.9 Å². The van der Waals surface area contributed by atoms with Gasteiger partial charge in [-0.1, -0.05) is 64.5 Å². The lowest BCUT2D eigenvalue weighted by atomic mass is 10.1. The molecule has 1 heterocycles. The minimum Gasteiger partial charge on any atom is -0.494 e. The lowest BCUT2D eigenvalue weighted by Gasteiger charge is -2.11. The van der Waals surface area contributed by atoms with Crippen LogP contribution in [0.3, 0.4) is 0 Å². The standard InChI is InChI=1S/C29H37FN2O2/c1-3-5-7-8-10-26(30)22-34-28-17-13-24(14-18-28)29-31-20-25(21-32-29)23-11-15-27(16-12-23)33-19-9-6-4-2/h11-18,20-21,26H,3-10,19,22H2,1-2H3. The number of ether oxygens (including phenoxy) is 2. The molecule has 182 valence electrons. The maximum atomic E-state index is 14.0. The number of rotatable bonds is 15. The highest BCUT2D eigenvalue weighted by molar-refractivity contribution is 5.64. The number of hydrogen-bond donors (Lipinski definition) is 0. The Kier molecular flexibility index (Phi) is 10.8. The first-order valence-electron chi connectivity index (χ1n) is 12.6. The van der Waals surface area contributed by atoms with E-state index < -0.39 is 6.17 Å². The second-order valence-corrected chi connectivity index (χ2v) is 8.66. The molecule has 1 atom stereocenters. The van der Waals surface area contributed by atoms with Gasteiger partial charge in [0.25, 0.3) is 0 Å². The summed E-state index contributed by atoms with van der Waals surface area (Å²) in [6.45, 7) is 5.19. The van der Waals surface area contributed by atoms with Crippen LogP contribution in [0.1, 0.15) is 65.2 Å². The van der Waals surface area contributed by atoms with Crippen molar-refractivity contribution in [2.24, 2.45) is 0 Å². The van der Waals surface area contributed by atoms with E-state index in [0.717, 1.165) is 54.7 Å². The number of halogens is 1. The van der Waals surface area contributed by atoms with Crippen LogP contribution in [0, 0.1) is 0 Å². The van der Waals surface area contributed by atoms with Gasteiger partial charge in [0.15, 0.2) is 5.82 Å². The van der Waals surface area contributed by atoms with Crippen molar-refractivity contribution in [3.05, 3.63) is 60.9 Å². The summed E-state index contributed by atoms with van der Waals surface area (Å²) in [5, 5.41) is 0. The van der Waals surface area contributed by atoms with Crippen LogP contribution in [0.2, 0.25) is 0 Å². The zero-order valence-electron chi connectivity index (χ0n) is 20.5. The molecular formula is C29H37FN2O2. The van der Waals surface area contributed by atoms with E-state index in [1.807, 2.05) is 60.9 Å². The minimum atomic E-state index is -0.922. The molecule has 0 aliphatic carbocycles. The second-order valence-electron chi connectivity index (χ2n) is 8.66. The topological polar surface area (TPSA) is 44.2 Å². The SMILES string of the molecule is CCCCCCC(F)COc1ccc(-c2ncc(-c3ccc(OCCCCC)cc3)cn2)cc1. The fourth-order valence-electron chi connectivity index (χ4n) is 3.67. The van der Waals surface area contributed by atoms with Crippen molar-refractivity contribution in [1.29, 1.82) is 0 Å². The van der Waals surface area contributed by atoms with E-state index in [-0.39, 0.29) is 6.61 Å². The van der Waals surface area contributed by atoms with Gasteiger partial charge in [0, 0.05) is 23.5 Å². The van der Waals surface area contributed by atoms with Gasteiger partial charge in [-0.2, -0.15) is 0 Å². The lowest BCUT2D eigenvalue weighted by molar-refractivity contribution is 0.184. The molecule has 0 bridgehead atoms. The molecule has 5 heteroatoms. The minimum absolute atomic E-state index is 0.0965. The molecule has 0 saturated heterocycles. The second kappa shape index (κ2) is 14.3. The highest BCUT2D eigenvalue weighted by Gasteiger charge is 2.08. The Morgan fingerprint density at radius 2 is 1.26 bits per heavy atom. The van der Waals surface area contributed by atoms with Crippen LogP contribution < -0.4 is 9.47 Å². The molecule has 4 nitrogen and oxygen atoms in total. The fraction of sp³-hybridized carbons (Fsp3) is 0.448. The summed E-state index contributed by atoms with van der Waals surface area (Å²) in [5.41, 5.74) is 2.90. The zero-order chi connectivity index (χ0) is 24.0. The van der Waals surface area contributed by atoms with Crippen molar-refractivity contribution in [2.75, 3.05) is 13.2 Å². The molecule has 3 aromatic rings. The van der Waals surface area contributed by atoms with Crippen molar-refractivity contribution in [3.8, 4) is 34.0 Å². The first kappa shape index (κ1) is 25.7. The van der Waals surface area contributed by atoms with Gasteiger partial charge in [0.05, 0.1) is 6.61 Å². The summed E-state index contributed by atoms with van der Waals surface area (Å²) in [5.74, 6) is 2.19. The number of aromatic nitrogens is 2. The average molecular weight is 465 g/mol. The molecule has 0 spiro atoms. The third-order valence-electron chi connectivity index (χ3n) is 5.77. The summed E-state index contributed by atoms with van der Waals surface area (Å²) < 4.78 is 25.4. The Hall–Kier alpha value is -2.95. The molecule has 34 heavy (non-hydrogen) atoms. The molecule has 0 fully saturated rings. The van der Waals surface area contributed by atoms with E-state index in [9.17, 15) is 4.39 Å². The van der Waals surface area contributed by atoms with Crippen LogP contribution in [-0.4, -0.2) is 29.4 Å². The van der Waals surface area contributed by atoms with Gasteiger partial charge in [-0.15, -0.1) is 0 Å². The van der Waals surface area contributed by atoms with Crippen LogP contribution in [-0.2, 0) is 0 Å². The molecule has 0 saturated carbocycles. The molecule has 3 rings (SSSR count). The number of alkyl halides is 1. The Bertz CT molecular complexity index is 943. The molecular weight excluding hydrogens is 427 g/mol. The van der Waals surface area contributed by atoms with E-state index in [1.54, 1.807) is 0 Å². The summed E-state index contributed by atoms with van der Waals surface area (Å²) in [4.78, 5) is 9.05. The highest BCUT2D eigenvalue weighted by Crippen LogP contribution is 2.24. The van der Waals surface area contributed by atoms with Gasteiger partial charge in [-0.3, -0.25) is 0 Å². The Morgan fingerprint density at radius 3 is 1.91 bits per heavy atom. The van der Waals surface area contributed by atoms with Crippen LogP contribution in [0.25, 0.3) is 22.5 Å². The predicted octanol–water partition coefficient (Wildman–Crippen LogP) is 8.07. The number of benzene rings is 2. The monoisotopic (exact) mass is 464 g/mol. The maximum Gasteiger partial charge on any atom is 0.159 e. The largest absolute Gasteiger partial charge is 0.494 e. The molecule has 1 aromatic heterocycles. The third-order valence-corrected chi connectivity index (χ3v) is 5.77.